The largest absolute Gasteiger partial charge is 2.00 e. The van der Waals surface area contributed by atoms with E-state index in [1.165, 1.54) is 6.21 Å². The molecule has 0 heterocycles. The summed E-state index contributed by atoms with van der Waals surface area (Å²) in [5.74, 6) is 0. The molecule has 117 valence electrons. The zero-order chi connectivity index (χ0) is 14.5. The Kier molecular flexibility index (Phi) is 15.7. The number of hydrogen-bond acceptors (Lipinski definition) is 7. The zero-order valence-electron chi connectivity index (χ0n) is 11.5. The van der Waals surface area contributed by atoms with Gasteiger partial charge < -0.3 is 40.6 Å². The minimum absolute atomic E-state index is 0. The van der Waals surface area contributed by atoms with E-state index in [9.17, 15) is 0 Å². The number of methoxy groups -OCH3 is 1. The summed E-state index contributed by atoms with van der Waals surface area (Å²) < 4.78 is 4.97. The van der Waals surface area contributed by atoms with Crippen molar-refractivity contribution < 1.29 is 21.8 Å². The molecule has 0 aromatic heterocycles. The summed E-state index contributed by atoms with van der Waals surface area (Å²) in [4.78, 5) is 0. The molecule has 0 unspecified atom stereocenters. The summed E-state index contributed by atoms with van der Waals surface area (Å²) in [5, 5.41) is 21.6. The first kappa shape index (κ1) is 21.5. The Labute approximate surface area is 141 Å². The fraction of sp³-hybridized carbons (Fsp3) is 0.600. The molecule has 20 heavy (non-hydrogen) atoms. The summed E-state index contributed by atoms with van der Waals surface area (Å²) in [6.45, 7) is 5.49. The summed E-state index contributed by atoms with van der Waals surface area (Å²) in [7, 11) is 1.55. The van der Waals surface area contributed by atoms with Crippen LogP contribution >= 0.6 is 0 Å². The Morgan fingerprint density at radius 2 is 1.60 bits per heavy atom. The van der Waals surface area contributed by atoms with Crippen LogP contribution in [0.4, 0.5) is 0 Å². The van der Waals surface area contributed by atoms with E-state index in [-0.39, 0.29) is 23.7 Å². The van der Waals surface area contributed by atoms with Crippen LogP contribution in [-0.4, -0.2) is 49.1 Å². The van der Waals surface area contributed by atoms with Crippen molar-refractivity contribution in [1.29, 1.82) is 0 Å². The van der Waals surface area contributed by atoms with Crippen LogP contribution in [0.1, 0.15) is 13.8 Å². The fourth-order valence-electron chi connectivity index (χ4n) is 0.871. The van der Waals surface area contributed by atoms with Crippen molar-refractivity contribution in [3.63, 3.8) is 0 Å². The van der Waals surface area contributed by atoms with Gasteiger partial charge in [-0.05, 0) is 24.2 Å². The van der Waals surface area contributed by atoms with Gasteiger partial charge in [0.25, 0.3) is 0 Å². The number of nitrogens with one attached hydrogen (secondary N) is 2. The molecule has 0 rings (SSSR count). The third-order valence-electron chi connectivity index (χ3n) is 1.57. The fourth-order valence-corrected chi connectivity index (χ4v) is 1.25. The third kappa shape index (κ3) is 12.2. The van der Waals surface area contributed by atoms with Gasteiger partial charge >= 0.3 is 17.1 Å². The van der Waals surface area contributed by atoms with Crippen molar-refractivity contribution in [2.45, 2.75) is 13.8 Å². The van der Waals surface area contributed by atoms with Crippen molar-refractivity contribution in [3.05, 3.63) is 0 Å². The van der Waals surface area contributed by atoms with Gasteiger partial charge in [-0.3, -0.25) is 0 Å². The Morgan fingerprint density at radius 1 is 1.05 bits per heavy atom. The maximum Gasteiger partial charge on any atom is 2.00 e. The molecular weight excluding hydrogens is 348 g/mol. The zero-order valence-corrected chi connectivity index (χ0v) is 14.1. The van der Waals surface area contributed by atoms with Crippen LogP contribution in [0.2, 0.25) is 0 Å². The summed E-state index contributed by atoms with van der Waals surface area (Å²) in [5.41, 5.74) is 0.491. The molecule has 2 N–H and O–H groups in total. The normalized spacial score (nSPS) is 13.2. The summed E-state index contributed by atoms with van der Waals surface area (Å²) in [6.07, 6.45) is 1.42. The van der Waals surface area contributed by atoms with Gasteiger partial charge in [-0.1, -0.05) is 0 Å². The smallest absolute Gasteiger partial charge is 0.741 e. The van der Waals surface area contributed by atoms with Crippen LogP contribution < -0.4 is 10.6 Å². The van der Waals surface area contributed by atoms with Crippen LogP contribution in [-0.2, 0) is 47.1 Å². The van der Waals surface area contributed by atoms with Gasteiger partial charge in [0.2, 0.25) is 0 Å². The number of amidine groups is 2. The standard InChI is InChI=1S/C10H20N6OS2.Cu/c1-4-11-9(18)15-13-6-8(7-17-3)14-16-10(19)12-5-2;/h6H,4-5,7H2,1-3H3,(H2,11,15,18)(H2,12,16,19);/q;+2/p-2/b13-6+,14-8-;. The number of rotatable bonds is 7. The van der Waals surface area contributed by atoms with Gasteiger partial charge in [-0.25, -0.2) is 0 Å². The molecule has 0 saturated carbocycles. The van der Waals surface area contributed by atoms with Crippen LogP contribution in [0.15, 0.2) is 20.4 Å². The first-order valence-electron chi connectivity index (χ1n) is 5.70. The first-order chi connectivity index (χ1) is 9.13. The molecule has 0 aliphatic carbocycles. The van der Waals surface area contributed by atoms with E-state index in [0.29, 0.717) is 29.1 Å². The van der Waals surface area contributed by atoms with Gasteiger partial charge in [0, 0.05) is 20.2 Å². The Bertz CT molecular complexity index is 373. The predicted molar refractivity (Wildman–Crippen MR) is 84.8 cm³/mol. The predicted octanol–water partition coefficient (Wildman–Crippen LogP) is -0.00310. The molecule has 0 saturated heterocycles. The SMILES string of the molecule is CCN/C([S-])=N/N=C(/C=N/N=C(\[S-])NCC)COC.[Cu+2]. The number of hydrogen-bond donors (Lipinski definition) is 2. The van der Waals surface area contributed by atoms with Crippen molar-refractivity contribution in [2.75, 3.05) is 26.8 Å². The number of nitrogens with zero attached hydrogens (tertiary/aromatic N) is 4. The van der Waals surface area contributed by atoms with Crippen molar-refractivity contribution >= 4 is 47.5 Å². The van der Waals surface area contributed by atoms with Gasteiger partial charge in [0.1, 0.15) is 5.71 Å². The Morgan fingerprint density at radius 3 is 2.10 bits per heavy atom. The molecule has 0 aromatic carbocycles. The maximum atomic E-state index is 4.97. The van der Waals surface area contributed by atoms with Crippen LogP contribution in [0.3, 0.4) is 0 Å². The van der Waals surface area contributed by atoms with E-state index in [2.05, 4.69) is 31.0 Å². The average molecular weight is 366 g/mol. The van der Waals surface area contributed by atoms with Crippen LogP contribution in [0, 0.1) is 0 Å². The van der Waals surface area contributed by atoms with Crippen LogP contribution in [0.25, 0.3) is 0 Å². The molecule has 0 aromatic rings. The molecular formula is C10H18CuN6OS2. The van der Waals surface area contributed by atoms with E-state index in [4.69, 9.17) is 30.0 Å². The van der Waals surface area contributed by atoms with E-state index < -0.39 is 0 Å². The first-order valence-corrected chi connectivity index (χ1v) is 6.51. The van der Waals surface area contributed by atoms with Crippen molar-refractivity contribution in [1.82, 2.24) is 10.6 Å². The topological polar surface area (TPSA) is 82.7 Å². The van der Waals surface area contributed by atoms with Gasteiger partial charge in [0.05, 0.1) is 12.8 Å². The summed E-state index contributed by atoms with van der Waals surface area (Å²) >= 11 is 9.81. The second-order valence-corrected chi connectivity index (χ2v) is 3.91. The van der Waals surface area contributed by atoms with E-state index in [1.807, 2.05) is 13.8 Å². The molecule has 0 bridgehead atoms. The quantitative estimate of drug-likeness (QED) is 0.218. The van der Waals surface area contributed by atoms with Crippen molar-refractivity contribution in [3.8, 4) is 0 Å². The molecule has 0 aliphatic rings. The third-order valence-corrected chi connectivity index (χ3v) is 2.02. The van der Waals surface area contributed by atoms with Gasteiger partial charge in [0.15, 0.2) is 0 Å². The average Bonchev–Trinajstić information content (AvgIpc) is 2.36. The molecule has 0 amide bonds. The molecule has 0 fully saturated rings. The summed E-state index contributed by atoms with van der Waals surface area (Å²) in [6, 6.07) is 0. The molecule has 0 spiro atoms. The van der Waals surface area contributed by atoms with Crippen molar-refractivity contribution in [2.24, 2.45) is 20.4 Å². The second kappa shape index (κ2) is 14.6. The molecule has 1 radical (unpaired) electrons. The van der Waals surface area contributed by atoms with Crippen LogP contribution in [0.5, 0.6) is 0 Å². The monoisotopic (exact) mass is 365 g/mol. The minimum atomic E-state index is 0. The maximum absolute atomic E-state index is 4.97. The Hall–Kier alpha value is -0.801. The molecule has 7 nitrogen and oxygen atoms in total. The molecule has 0 aliphatic heterocycles. The van der Waals surface area contributed by atoms with Gasteiger partial charge in [-0.2, -0.15) is 20.4 Å². The molecule has 0 atom stereocenters. The molecule has 10 heteroatoms. The minimum Gasteiger partial charge on any atom is -0.741 e. The second-order valence-electron chi connectivity index (χ2n) is 3.14. The van der Waals surface area contributed by atoms with E-state index in [0.717, 1.165) is 0 Å². The van der Waals surface area contributed by atoms with E-state index in [1.54, 1.807) is 7.11 Å². The Balaban J connectivity index is 0. The number of ether oxygens (including phenoxy) is 1. The van der Waals surface area contributed by atoms with Gasteiger partial charge in [-0.15, -0.1) is 0 Å². The van der Waals surface area contributed by atoms with E-state index >= 15 is 0 Å².